The van der Waals surface area contributed by atoms with Gasteiger partial charge in [0.2, 0.25) is 0 Å². The summed E-state index contributed by atoms with van der Waals surface area (Å²) in [5, 5.41) is 3.80. The van der Waals surface area contributed by atoms with Crippen LogP contribution in [0.25, 0.3) is 0 Å². The molecule has 0 spiro atoms. The lowest BCUT2D eigenvalue weighted by Crippen LogP contribution is -2.51. The van der Waals surface area contributed by atoms with Gasteiger partial charge in [-0.15, -0.1) is 0 Å². The van der Waals surface area contributed by atoms with E-state index < -0.39 is 0 Å². The summed E-state index contributed by atoms with van der Waals surface area (Å²) in [6.45, 7) is 5.83. The van der Waals surface area contributed by atoms with Crippen LogP contribution in [0.2, 0.25) is 0 Å². The van der Waals surface area contributed by atoms with Crippen LogP contribution < -0.4 is 5.32 Å². The zero-order valence-electron chi connectivity index (χ0n) is 11.1. The fourth-order valence-electron chi connectivity index (χ4n) is 2.84. The summed E-state index contributed by atoms with van der Waals surface area (Å²) < 4.78 is 0. The van der Waals surface area contributed by atoms with Gasteiger partial charge in [-0.25, -0.2) is 0 Å². The van der Waals surface area contributed by atoms with Crippen LogP contribution in [0.5, 0.6) is 0 Å². The molecule has 0 aromatic carbocycles. The Labute approximate surface area is 105 Å². The number of rotatable bonds is 3. The highest BCUT2D eigenvalue weighted by atomic mass is 15.0. The molecule has 0 bridgehead atoms. The molecule has 94 valence electrons. The molecule has 17 heavy (non-hydrogen) atoms. The first-order chi connectivity index (χ1) is 8.23. The minimum atomic E-state index is 0.255. The molecule has 2 nitrogen and oxygen atoms in total. The van der Waals surface area contributed by atoms with E-state index in [2.05, 4.69) is 36.3 Å². The van der Waals surface area contributed by atoms with Crippen LogP contribution in [0, 0.1) is 5.92 Å². The standard InChI is InChI=1S/C15H24N2/c1-13(2)15(9-5-3-6-11-17-15)12-14-8-4-7-10-16-14/h4,7-8,10,13,17H,3,5-6,9,11-12H2,1-2H3. The summed E-state index contributed by atoms with van der Waals surface area (Å²) in [7, 11) is 0. The van der Waals surface area contributed by atoms with Crippen LogP contribution >= 0.6 is 0 Å². The molecule has 1 aliphatic rings. The topological polar surface area (TPSA) is 24.9 Å². The van der Waals surface area contributed by atoms with Gasteiger partial charge in [-0.1, -0.05) is 32.8 Å². The van der Waals surface area contributed by atoms with Crippen molar-refractivity contribution in [3.8, 4) is 0 Å². The van der Waals surface area contributed by atoms with Crippen LogP contribution in [0.4, 0.5) is 0 Å². The first-order valence-corrected chi connectivity index (χ1v) is 6.88. The number of aromatic nitrogens is 1. The van der Waals surface area contributed by atoms with Crippen molar-refractivity contribution in [2.45, 2.75) is 51.5 Å². The van der Waals surface area contributed by atoms with E-state index in [4.69, 9.17) is 0 Å². The number of hydrogen-bond acceptors (Lipinski definition) is 2. The maximum absolute atomic E-state index is 4.49. The Kier molecular flexibility index (Phi) is 4.16. The molecule has 1 atom stereocenters. The lowest BCUT2D eigenvalue weighted by molar-refractivity contribution is 0.224. The molecule has 1 aromatic rings. The second-order valence-corrected chi connectivity index (χ2v) is 5.55. The van der Waals surface area contributed by atoms with Crippen molar-refractivity contribution in [3.05, 3.63) is 30.1 Å². The molecule has 0 aliphatic carbocycles. The van der Waals surface area contributed by atoms with Crippen LogP contribution in [-0.4, -0.2) is 17.1 Å². The van der Waals surface area contributed by atoms with Gasteiger partial charge in [0, 0.05) is 23.9 Å². The first-order valence-electron chi connectivity index (χ1n) is 6.88. The predicted octanol–water partition coefficient (Wildman–Crippen LogP) is 3.18. The van der Waals surface area contributed by atoms with Gasteiger partial charge in [-0.05, 0) is 37.4 Å². The summed E-state index contributed by atoms with van der Waals surface area (Å²) in [6.07, 6.45) is 8.27. The Morgan fingerprint density at radius 1 is 1.29 bits per heavy atom. The molecular weight excluding hydrogens is 208 g/mol. The van der Waals surface area contributed by atoms with Gasteiger partial charge in [0.05, 0.1) is 0 Å². The van der Waals surface area contributed by atoms with Gasteiger partial charge in [0.1, 0.15) is 0 Å². The van der Waals surface area contributed by atoms with E-state index >= 15 is 0 Å². The van der Waals surface area contributed by atoms with Gasteiger partial charge in [0.25, 0.3) is 0 Å². The summed E-state index contributed by atoms with van der Waals surface area (Å²) in [5.41, 5.74) is 1.47. The normalized spacial score (nSPS) is 25.8. The van der Waals surface area contributed by atoms with E-state index in [1.54, 1.807) is 0 Å². The Balaban J connectivity index is 2.16. The smallest absolute Gasteiger partial charge is 0.0422 e. The number of nitrogens with zero attached hydrogens (tertiary/aromatic N) is 1. The van der Waals surface area contributed by atoms with Crippen LogP contribution in [0.1, 0.15) is 45.2 Å². The quantitative estimate of drug-likeness (QED) is 0.865. The van der Waals surface area contributed by atoms with Crippen molar-refractivity contribution in [1.82, 2.24) is 10.3 Å². The number of nitrogens with one attached hydrogen (secondary N) is 1. The zero-order chi connectivity index (χ0) is 12.1. The average molecular weight is 232 g/mol. The van der Waals surface area contributed by atoms with E-state index in [9.17, 15) is 0 Å². The van der Waals surface area contributed by atoms with Crippen molar-refractivity contribution in [3.63, 3.8) is 0 Å². The molecule has 2 heterocycles. The molecule has 0 amide bonds. The monoisotopic (exact) mass is 232 g/mol. The highest BCUT2D eigenvalue weighted by Gasteiger charge is 2.34. The van der Waals surface area contributed by atoms with E-state index in [0.29, 0.717) is 5.92 Å². The third-order valence-electron chi connectivity index (χ3n) is 4.10. The fourth-order valence-corrected chi connectivity index (χ4v) is 2.84. The molecule has 1 saturated heterocycles. The molecule has 1 fully saturated rings. The van der Waals surface area contributed by atoms with Gasteiger partial charge >= 0.3 is 0 Å². The Morgan fingerprint density at radius 2 is 2.18 bits per heavy atom. The Hall–Kier alpha value is -0.890. The van der Waals surface area contributed by atoms with E-state index in [0.717, 1.165) is 13.0 Å². The minimum absolute atomic E-state index is 0.255. The molecule has 1 N–H and O–H groups in total. The van der Waals surface area contributed by atoms with Crippen molar-refractivity contribution in [2.75, 3.05) is 6.54 Å². The lowest BCUT2D eigenvalue weighted by Gasteiger charge is -2.38. The largest absolute Gasteiger partial charge is 0.311 e. The third kappa shape index (κ3) is 3.06. The van der Waals surface area contributed by atoms with E-state index in [-0.39, 0.29) is 5.54 Å². The highest BCUT2D eigenvalue weighted by molar-refractivity contribution is 5.10. The van der Waals surface area contributed by atoms with Gasteiger partial charge in [0.15, 0.2) is 0 Å². The van der Waals surface area contributed by atoms with Gasteiger partial charge in [-0.3, -0.25) is 4.98 Å². The van der Waals surface area contributed by atoms with Crippen LogP contribution in [0.15, 0.2) is 24.4 Å². The third-order valence-corrected chi connectivity index (χ3v) is 4.10. The molecule has 1 aromatic heterocycles. The molecule has 0 saturated carbocycles. The summed E-state index contributed by atoms with van der Waals surface area (Å²) >= 11 is 0. The molecule has 0 radical (unpaired) electrons. The number of hydrogen-bond donors (Lipinski definition) is 1. The highest BCUT2D eigenvalue weighted by Crippen LogP contribution is 2.29. The summed E-state index contributed by atoms with van der Waals surface area (Å²) in [5.74, 6) is 0.655. The van der Waals surface area contributed by atoms with Gasteiger partial charge in [-0.2, -0.15) is 0 Å². The molecule has 1 unspecified atom stereocenters. The zero-order valence-corrected chi connectivity index (χ0v) is 11.1. The minimum Gasteiger partial charge on any atom is -0.311 e. The number of pyridine rings is 1. The van der Waals surface area contributed by atoms with Crippen molar-refractivity contribution >= 4 is 0 Å². The van der Waals surface area contributed by atoms with Crippen LogP contribution in [0.3, 0.4) is 0 Å². The molecule has 2 heteroatoms. The van der Waals surface area contributed by atoms with E-state index in [1.807, 2.05) is 12.3 Å². The second kappa shape index (κ2) is 5.63. The maximum Gasteiger partial charge on any atom is 0.0422 e. The predicted molar refractivity (Wildman–Crippen MR) is 72.0 cm³/mol. The van der Waals surface area contributed by atoms with Crippen molar-refractivity contribution in [1.29, 1.82) is 0 Å². The SMILES string of the molecule is CC(C)C1(Cc2ccccn2)CCCCCN1. The summed E-state index contributed by atoms with van der Waals surface area (Å²) in [6, 6.07) is 6.23. The maximum atomic E-state index is 4.49. The van der Waals surface area contributed by atoms with E-state index in [1.165, 1.54) is 31.4 Å². The van der Waals surface area contributed by atoms with Gasteiger partial charge < -0.3 is 5.32 Å². The summed E-state index contributed by atoms with van der Waals surface area (Å²) in [4.78, 5) is 4.49. The van der Waals surface area contributed by atoms with Crippen molar-refractivity contribution < 1.29 is 0 Å². The Bertz CT molecular complexity index is 324. The molecular formula is C15H24N2. The molecule has 1 aliphatic heterocycles. The van der Waals surface area contributed by atoms with Crippen LogP contribution in [-0.2, 0) is 6.42 Å². The lowest BCUT2D eigenvalue weighted by atomic mass is 9.78. The molecule has 2 rings (SSSR count). The van der Waals surface area contributed by atoms with Crippen molar-refractivity contribution in [2.24, 2.45) is 5.92 Å². The fraction of sp³-hybridized carbons (Fsp3) is 0.667. The Morgan fingerprint density at radius 3 is 2.88 bits per heavy atom. The first kappa shape index (κ1) is 12.6. The average Bonchev–Trinajstić information content (AvgIpc) is 2.57. The second-order valence-electron chi connectivity index (χ2n) is 5.55.